The molecule has 0 radical (unpaired) electrons. The lowest BCUT2D eigenvalue weighted by Crippen LogP contribution is -2.43. The fourth-order valence-corrected chi connectivity index (χ4v) is 3.75. The van der Waals surface area contributed by atoms with Crippen molar-refractivity contribution >= 4 is 17.3 Å². The molecule has 9 nitrogen and oxygen atoms in total. The van der Waals surface area contributed by atoms with E-state index in [1.54, 1.807) is 10.9 Å². The van der Waals surface area contributed by atoms with Gasteiger partial charge in [0.2, 0.25) is 0 Å². The van der Waals surface area contributed by atoms with Crippen LogP contribution >= 0.6 is 0 Å². The van der Waals surface area contributed by atoms with Crippen molar-refractivity contribution in [3.8, 4) is 0 Å². The number of esters is 1. The van der Waals surface area contributed by atoms with Gasteiger partial charge in [0, 0.05) is 38.6 Å². The predicted molar refractivity (Wildman–Crippen MR) is 103 cm³/mol. The first-order chi connectivity index (χ1) is 13.7. The maximum absolute atomic E-state index is 11.6. The molecule has 0 aromatic carbocycles. The minimum absolute atomic E-state index is 0.198. The third-order valence-electron chi connectivity index (χ3n) is 5.37. The molecule has 1 N–H and O–H groups in total. The highest BCUT2D eigenvalue weighted by Crippen LogP contribution is 2.41. The lowest BCUT2D eigenvalue weighted by molar-refractivity contribution is 0.0594. The summed E-state index contributed by atoms with van der Waals surface area (Å²) in [5.41, 5.74) is 4.63. The molecule has 3 aromatic heterocycles. The minimum Gasteiger partial charge on any atom is -0.464 e. The number of rotatable bonds is 5. The molecule has 1 aliphatic heterocycles. The molecule has 28 heavy (non-hydrogen) atoms. The molecule has 5 rings (SSSR count). The number of aromatic nitrogens is 5. The summed E-state index contributed by atoms with van der Waals surface area (Å²) < 4.78 is 8.44. The van der Waals surface area contributed by atoms with Crippen molar-refractivity contribution in [2.24, 2.45) is 0 Å². The van der Waals surface area contributed by atoms with Crippen LogP contribution in [-0.4, -0.2) is 63.6 Å². The van der Waals surface area contributed by atoms with Gasteiger partial charge in [-0.2, -0.15) is 0 Å². The van der Waals surface area contributed by atoms with Gasteiger partial charge in [0.15, 0.2) is 11.3 Å². The van der Waals surface area contributed by atoms with Crippen LogP contribution in [0, 0.1) is 0 Å². The third kappa shape index (κ3) is 3.22. The molecule has 2 aliphatic rings. The number of anilines is 1. The maximum atomic E-state index is 11.6. The summed E-state index contributed by atoms with van der Waals surface area (Å²) >= 11 is 0. The van der Waals surface area contributed by atoms with Gasteiger partial charge in [0.25, 0.3) is 0 Å². The molecule has 146 valence electrons. The Bertz CT molecular complexity index is 1010. The predicted octanol–water partition coefficient (Wildman–Crippen LogP) is 1.05. The van der Waals surface area contributed by atoms with Gasteiger partial charge in [-0.1, -0.05) is 5.21 Å². The van der Waals surface area contributed by atoms with Crippen molar-refractivity contribution in [3.63, 3.8) is 0 Å². The largest absolute Gasteiger partial charge is 0.464 e. The zero-order valence-corrected chi connectivity index (χ0v) is 15.8. The topological polar surface area (TPSA) is 89.6 Å². The number of methoxy groups -OCH3 is 1. The van der Waals surface area contributed by atoms with Crippen molar-refractivity contribution in [2.45, 2.75) is 25.3 Å². The highest BCUT2D eigenvalue weighted by Gasteiger charge is 2.26. The van der Waals surface area contributed by atoms with E-state index >= 15 is 0 Å². The number of carbonyl (C=O) groups is 1. The van der Waals surface area contributed by atoms with Crippen molar-refractivity contribution in [1.82, 2.24) is 29.7 Å². The van der Waals surface area contributed by atoms with Gasteiger partial charge in [-0.3, -0.25) is 0 Å². The van der Waals surface area contributed by atoms with E-state index in [-0.39, 0.29) is 5.69 Å². The quantitative estimate of drug-likeness (QED) is 0.661. The number of nitrogens with zero attached hydrogens (tertiary/aromatic N) is 6. The van der Waals surface area contributed by atoms with E-state index in [1.807, 2.05) is 6.20 Å². The van der Waals surface area contributed by atoms with Gasteiger partial charge in [-0.25, -0.2) is 14.5 Å². The number of fused-ring (bicyclic) bond motifs is 1. The molecule has 0 spiro atoms. The second-order valence-corrected chi connectivity index (χ2v) is 7.43. The van der Waals surface area contributed by atoms with Crippen LogP contribution in [0.4, 0.5) is 5.69 Å². The number of carbonyl (C=O) groups excluding carboxylic acids is 1. The number of hydrogen-bond donors (Lipinski definition) is 1. The fraction of sp³-hybridized carbons (Fsp3) is 0.474. The smallest absolute Gasteiger partial charge is 0.360 e. The Hall–Kier alpha value is -2.94. The second-order valence-electron chi connectivity index (χ2n) is 7.43. The van der Waals surface area contributed by atoms with E-state index in [4.69, 9.17) is 4.98 Å². The Labute approximate surface area is 162 Å². The monoisotopic (exact) mass is 381 g/mol. The van der Waals surface area contributed by atoms with Gasteiger partial charge in [-0.05, 0) is 30.4 Å². The first kappa shape index (κ1) is 17.2. The number of imidazole rings is 1. The summed E-state index contributed by atoms with van der Waals surface area (Å²) in [6.07, 6.45) is 8.37. The Balaban J connectivity index is 1.48. The first-order valence-corrected chi connectivity index (χ1v) is 9.67. The number of piperazine rings is 1. The van der Waals surface area contributed by atoms with Crippen LogP contribution in [0.2, 0.25) is 0 Å². The van der Waals surface area contributed by atoms with Gasteiger partial charge in [0.1, 0.15) is 0 Å². The third-order valence-corrected chi connectivity index (χ3v) is 5.37. The van der Waals surface area contributed by atoms with E-state index in [9.17, 15) is 4.79 Å². The van der Waals surface area contributed by atoms with E-state index in [1.165, 1.54) is 31.2 Å². The SMILES string of the molecule is COC(=O)c1cn(Cc2cn3cc(C4CC4)cc(N4CCNCC4)c3n2)nn1. The average Bonchev–Trinajstić information content (AvgIpc) is 3.34. The van der Waals surface area contributed by atoms with Crippen molar-refractivity contribution < 1.29 is 9.53 Å². The first-order valence-electron chi connectivity index (χ1n) is 9.67. The maximum Gasteiger partial charge on any atom is 0.360 e. The number of ether oxygens (including phenoxy) is 1. The van der Waals surface area contributed by atoms with Gasteiger partial charge in [-0.15, -0.1) is 5.10 Å². The second kappa shape index (κ2) is 6.90. The van der Waals surface area contributed by atoms with Gasteiger partial charge >= 0.3 is 5.97 Å². The summed E-state index contributed by atoms with van der Waals surface area (Å²) in [7, 11) is 1.33. The van der Waals surface area contributed by atoms with Crippen LogP contribution in [-0.2, 0) is 11.3 Å². The molecule has 0 unspecified atom stereocenters. The molecule has 0 bridgehead atoms. The average molecular weight is 381 g/mol. The molecule has 4 heterocycles. The summed E-state index contributed by atoms with van der Waals surface area (Å²) in [5, 5.41) is 11.3. The molecular formula is C19H23N7O2. The summed E-state index contributed by atoms with van der Waals surface area (Å²) in [4.78, 5) is 18.9. The molecule has 9 heteroatoms. The lowest BCUT2D eigenvalue weighted by atomic mass is 10.1. The Kier molecular flexibility index (Phi) is 4.23. The number of hydrogen-bond acceptors (Lipinski definition) is 7. The van der Waals surface area contributed by atoms with Gasteiger partial charge in [0.05, 0.1) is 31.2 Å². The van der Waals surface area contributed by atoms with Crippen LogP contribution in [0.1, 0.15) is 40.5 Å². The molecule has 1 aliphatic carbocycles. The summed E-state index contributed by atoms with van der Waals surface area (Å²) in [6.45, 7) is 4.39. The highest BCUT2D eigenvalue weighted by atomic mass is 16.5. The van der Waals surface area contributed by atoms with Crippen molar-refractivity contribution in [3.05, 3.63) is 41.6 Å². The molecule has 1 saturated heterocycles. The van der Waals surface area contributed by atoms with Crippen LogP contribution in [0.5, 0.6) is 0 Å². The standard InChI is InChI=1S/C19H23N7O2/c1-28-19(27)16-12-26(23-22-16)11-15-10-25-9-14(13-2-3-13)8-17(18(25)21-15)24-6-4-20-5-7-24/h8-10,12-13,20H,2-7,11H2,1H3. The van der Waals surface area contributed by atoms with E-state index in [0.717, 1.165) is 37.5 Å². The van der Waals surface area contributed by atoms with E-state index in [2.05, 4.69) is 41.9 Å². The highest BCUT2D eigenvalue weighted by molar-refractivity contribution is 5.86. The lowest BCUT2D eigenvalue weighted by Gasteiger charge is -2.30. The van der Waals surface area contributed by atoms with Gasteiger partial charge < -0.3 is 19.4 Å². The fourth-order valence-electron chi connectivity index (χ4n) is 3.75. The zero-order chi connectivity index (χ0) is 19.1. The molecule has 0 atom stereocenters. The molecule has 3 aromatic rings. The van der Waals surface area contributed by atoms with Crippen LogP contribution in [0.15, 0.2) is 24.7 Å². The normalized spacial score (nSPS) is 17.2. The summed E-state index contributed by atoms with van der Waals surface area (Å²) in [6, 6.07) is 2.32. The van der Waals surface area contributed by atoms with E-state index < -0.39 is 5.97 Å². The van der Waals surface area contributed by atoms with Crippen LogP contribution in [0.25, 0.3) is 5.65 Å². The number of nitrogens with one attached hydrogen (secondary N) is 1. The Morgan fingerprint density at radius 3 is 2.82 bits per heavy atom. The van der Waals surface area contributed by atoms with Crippen LogP contribution < -0.4 is 10.2 Å². The van der Waals surface area contributed by atoms with E-state index in [0.29, 0.717) is 12.5 Å². The molecule has 2 fully saturated rings. The number of pyridine rings is 1. The molecule has 1 saturated carbocycles. The summed E-state index contributed by atoms with van der Waals surface area (Å²) in [5.74, 6) is 0.186. The molecule has 0 amide bonds. The van der Waals surface area contributed by atoms with Crippen LogP contribution in [0.3, 0.4) is 0 Å². The zero-order valence-electron chi connectivity index (χ0n) is 15.8. The minimum atomic E-state index is -0.490. The molecular weight excluding hydrogens is 358 g/mol. The Morgan fingerprint density at radius 1 is 1.25 bits per heavy atom. The van der Waals surface area contributed by atoms with Crippen molar-refractivity contribution in [2.75, 3.05) is 38.2 Å². The van der Waals surface area contributed by atoms with Crippen molar-refractivity contribution in [1.29, 1.82) is 0 Å². The Morgan fingerprint density at radius 2 is 2.07 bits per heavy atom.